The molecule has 4 aromatic rings. The summed E-state index contributed by atoms with van der Waals surface area (Å²) < 4.78 is 33.4. The van der Waals surface area contributed by atoms with Gasteiger partial charge in [-0.1, -0.05) is 24.3 Å². The van der Waals surface area contributed by atoms with Gasteiger partial charge in [-0.05, 0) is 66.6 Å². The number of nitro benzene ring substituents is 2. The van der Waals surface area contributed by atoms with E-state index >= 15 is 0 Å². The number of non-ortho nitro benzene ring substituents is 2. The summed E-state index contributed by atoms with van der Waals surface area (Å²) in [6.07, 6.45) is 0.0789. The largest absolute Gasteiger partial charge is 0.463 e. The van der Waals surface area contributed by atoms with E-state index < -0.39 is 39.5 Å². The van der Waals surface area contributed by atoms with Gasteiger partial charge in [0.15, 0.2) is 0 Å². The van der Waals surface area contributed by atoms with Gasteiger partial charge in [0.05, 0.1) is 34.1 Å². The Kier molecular flexibility index (Phi) is 8.61. The number of hydrogen-bond acceptors (Lipinski definition) is 8. The topological polar surface area (TPSA) is 128 Å². The first-order valence-corrected chi connectivity index (χ1v) is 13.6. The van der Waals surface area contributed by atoms with Gasteiger partial charge in [-0.2, -0.15) is 0 Å². The van der Waals surface area contributed by atoms with Crippen molar-refractivity contribution in [1.29, 1.82) is 0 Å². The van der Waals surface area contributed by atoms with Crippen LogP contribution in [0.3, 0.4) is 0 Å². The fraction of sp³-hybridized carbons (Fsp3) is 0.156. The number of nitro groups is 2. The van der Waals surface area contributed by atoms with Crippen molar-refractivity contribution in [3.05, 3.63) is 151 Å². The molecule has 0 aliphatic carbocycles. The Bertz CT molecular complexity index is 1740. The van der Waals surface area contributed by atoms with Crippen LogP contribution in [0.5, 0.6) is 0 Å². The van der Waals surface area contributed by atoms with Crippen LogP contribution in [0.4, 0.5) is 31.5 Å². The van der Waals surface area contributed by atoms with Crippen LogP contribution in [0, 0.1) is 31.9 Å². The molecule has 1 N–H and O–H groups in total. The molecule has 10 nitrogen and oxygen atoms in total. The molecule has 4 aromatic carbocycles. The van der Waals surface area contributed by atoms with E-state index in [1.165, 1.54) is 84.9 Å². The predicted molar refractivity (Wildman–Crippen MR) is 159 cm³/mol. The summed E-state index contributed by atoms with van der Waals surface area (Å²) in [4.78, 5) is 38.0. The van der Waals surface area contributed by atoms with Gasteiger partial charge in [0.2, 0.25) is 0 Å². The van der Waals surface area contributed by atoms with Crippen LogP contribution in [-0.2, 0) is 9.53 Å². The van der Waals surface area contributed by atoms with Gasteiger partial charge < -0.3 is 15.0 Å². The van der Waals surface area contributed by atoms with Crippen LogP contribution in [0.25, 0.3) is 0 Å². The maximum Gasteiger partial charge on any atom is 0.338 e. The average Bonchev–Trinajstić information content (AvgIpc) is 3.02. The fourth-order valence-electron chi connectivity index (χ4n) is 5.36. The predicted octanol–water partition coefficient (Wildman–Crippen LogP) is 7.40. The van der Waals surface area contributed by atoms with Crippen molar-refractivity contribution < 1.29 is 28.2 Å². The highest BCUT2D eigenvalue weighted by Crippen LogP contribution is 2.48. The van der Waals surface area contributed by atoms with Crippen molar-refractivity contribution in [2.75, 3.05) is 16.8 Å². The van der Waals surface area contributed by atoms with Crippen LogP contribution in [0.2, 0.25) is 0 Å². The van der Waals surface area contributed by atoms with Crippen molar-refractivity contribution in [2.45, 2.75) is 25.4 Å². The maximum absolute atomic E-state index is 14.1. The Balaban J connectivity index is 1.82. The minimum Gasteiger partial charge on any atom is -0.463 e. The van der Waals surface area contributed by atoms with E-state index in [9.17, 15) is 33.8 Å². The van der Waals surface area contributed by atoms with E-state index in [2.05, 4.69) is 5.32 Å². The first-order chi connectivity index (χ1) is 21.2. The Hall–Kier alpha value is -5.65. The molecule has 5 rings (SSSR count). The van der Waals surface area contributed by atoms with Gasteiger partial charge in [0.25, 0.3) is 11.4 Å². The number of ether oxygens (including phenoxy) is 1. The molecule has 224 valence electrons. The number of carbonyl (C=O) groups excluding carboxylic acids is 1. The van der Waals surface area contributed by atoms with Crippen LogP contribution in [0.15, 0.2) is 108 Å². The molecule has 0 spiro atoms. The number of halogens is 2. The molecule has 0 bridgehead atoms. The zero-order valence-electron chi connectivity index (χ0n) is 23.4. The second-order valence-corrected chi connectivity index (χ2v) is 9.95. The van der Waals surface area contributed by atoms with E-state index in [4.69, 9.17) is 4.74 Å². The number of rotatable bonds is 9. The van der Waals surface area contributed by atoms with E-state index in [0.29, 0.717) is 28.2 Å². The zero-order valence-corrected chi connectivity index (χ0v) is 23.4. The summed E-state index contributed by atoms with van der Waals surface area (Å²) in [5.74, 6) is -1.69. The molecule has 1 aliphatic heterocycles. The van der Waals surface area contributed by atoms with Gasteiger partial charge in [-0.25, -0.2) is 13.6 Å². The lowest BCUT2D eigenvalue weighted by Crippen LogP contribution is -2.41. The second kappa shape index (κ2) is 12.7. The van der Waals surface area contributed by atoms with Crippen molar-refractivity contribution in [1.82, 2.24) is 0 Å². The van der Waals surface area contributed by atoms with E-state index in [-0.39, 0.29) is 30.0 Å². The summed E-state index contributed by atoms with van der Waals surface area (Å²) >= 11 is 0. The Morgan fingerprint density at radius 3 is 1.98 bits per heavy atom. The van der Waals surface area contributed by atoms with E-state index in [1.807, 2.05) is 0 Å². The average molecular weight is 601 g/mol. The van der Waals surface area contributed by atoms with Crippen LogP contribution in [0.1, 0.15) is 36.6 Å². The second-order valence-electron chi connectivity index (χ2n) is 9.95. The molecule has 44 heavy (non-hydrogen) atoms. The molecule has 0 amide bonds. The number of anilines is 2. The minimum absolute atomic E-state index is 0.0265. The van der Waals surface area contributed by atoms with E-state index in [0.717, 1.165) is 0 Å². The Morgan fingerprint density at radius 2 is 1.41 bits per heavy atom. The quantitative estimate of drug-likeness (QED) is 0.120. The van der Waals surface area contributed by atoms with Gasteiger partial charge in [-0.15, -0.1) is 0 Å². The van der Waals surface area contributed by atoms with E-state index in [1.54, 1.807) is 24.0 Å². The number of hydrogen-bond donors (Lipinski definition) is 1. The van der Waals surface area contributed by atoms with Crippen molar-refractivity contribution in [3.63, 3.8) is 0 Å². The minimum atomic E-state index is -1.04. The first kappa shape index (κ1) is 29.8. The maximum atomic E-state index is 14.1. The monoisotopic (exact) mass is 600 g/mol. The SMILES string of the molecule is CCOC(=O)C1=C(Nc2ccc(F)cc2)CC(c2cccc([N+](=O)[O-])c2)N(c2ccc(F)cc2)C1c1cccc([N+](=O)[O-])c1. The van der Waals surface area contributed by atoms with Gasteiger partial charge in [-0.3, -0.25) is 20.2 Å². The molecule has 0 aromatic heterocycles. The molecular formula is C32H26F2N4O6. The lowest BCUT2D eigenvalue weighted by Gasteiger charge is -2.45. The highest BCUT2D eigenvalue weighted by atomic mass is 19.1. The molecule has 0 fully saturated rings. The molecule has 2 unspecified atom stereocenters. The number of benzene rings is 4. The molecule has 0 saturated heterocycles. The number of carbonyl (C=O) groups is 1. The van der Waals surface area contributed by atoms with Gasteiger partial charge in [0.1, 0.15) is 11.6 Å². The summed E-state index contributed by atoms with van der Waals surface area (Å²) in [5, 5.41) is 26.7. The number of nitrogens with one attached hydrogen (secondary N) is 1. The van der Waals surface area contributed by atoms with Crippen molar-refractivity contribution in [2.24, 2.45) is 0 Å². The molecule has 2 atom stereocenters. The van der Waals surface area contributed by atoms with Gasteiger partial charge >= 0.3 is 5.97 Å². The summed E-state index contributed by atoms with van der Waals surface area (Å²) in [6.45, 7) is 1.67. The normalized spacial score (nSPS) is 16.4. The zero-order chi connectivity index (χ0) is 31.4. The van der Waals surface area contributed by atoms with Gasteiger partial charge in [0, 0.05) is 47.8 Å². The molecule has 1 aliphatic rings. The summed E-state index contributed by atoms with van der Waals surface area (Å²) in [5.41, 5.74) is 1.83. The Labute approximate surface area is 250 Å². The highest BCUT2D eigenvalue weighted by Gasteiger charge is 2.42. The van der Waals surface area contributed by atoms with Crippen molar-refractivity contribution >= 4 is 28.7 Å². The summed E-state index contributed by atoms with van der Waals surface area (Å²) in [7, 11) is 0. The van der Waals surface area contributed by atoms with Crippen LogP contribution < -0.4 is 10.2 Å². The molecular weight excluding hydrogens is 574 g/mol. The third-order valence-electron chi connectivity index (χ3n) is 7.23. The number of nitrogens with zero attached hydrogens (tertiary/aromatic N) is 3. The smallest absolute Gasteiger partial charge is 0.338 e. The molecule has 0 saturated carbocycles. The van der Waals surface area contributed by atoms with Crippen LogP contribution >= 0.6 is 0 Å². The van der Waals surface area contributed by atoms with Crippen molar-refractivity contribution in [3.8, 4) is 0 Å². The lowest BCUT2D eigenvalue weighted by molar-refractivity contribution is -0.385. The Morgan fingerprint density at radius 1 is 0.864 bits per heavy atom. The first-order valence-electron chi connectivity index (χ1n) is 13.6. The highest BCUT2D eigenvalue weighted by molar-refractivity contribution is 5.93. The third kappa shape index (κ3) is 6.24. The van der Waals surface area contributed by atoms with Crippen LogP contribution in [-0.4, -0.2) is 22.4 Å². The number of esters is 1. The summed E-state index contributed by atoms with van der Waals surface area (Å²) in [6, 6.07) is 21.0. The molecule has 12 heteroatoms. The molecule has 1 heterocycles. The fourth-order valence-corrected chi connectivity index (χ4v) is 5.36. The molecule has 0 radical (unpaired) electrons. The third-order valence-corrected chi connectivity index (χ3v) is 7.23. The lowest BCUT2D eigenvalue weighted by atomic mass is 9.84. The standard InChI is InChI=1S/C32H26F2N4O6/c1-2-44-32(39)30-28(35-24-13-9-22(33)10-14-24)19-29(20-5-3-7-26(17-20)37(40)41)36(25-15-11-23(34)12-16-25)31(30)21-6-4-8-27(18-21)38(42)43/h3-18,29,31,35H,2,19H2,1H3.